The molecule has 3 rings (SSSR count). The van der Waals surface area contributed by atoms with E-state index in [9.17, 15) is 4.79 Å². The molecule has 0 unspecified atom stereocenters. The minimum absolute atomic E-state index is 0.318. The fourth-order valence-corrected chi connectivity index (χ4v) is 3.92. The molecule has 0 radical (unpaired) electrons. The number of hydrogen-bond donors (Lipinski definition) is 1. The Kier molecular flexibility index (Phi) is 9.07. The first-order valence-corrected chi connectivity index (χ1v) is 11.9. The van der Waals surface area contributed by atoms with E-state index in [1.54, 1.807) is 13.0 Å². The van der Waals surface area contributed by atoms with Gasteiger partial charge in [0.2, 0.25) is 0 Å². The fraction of sp³-hybridized carbons (Fsp3) is 0.407. The Morgan fingerprint density at radius 2 is 1.79 bits per heavy atom. The standard InChI is InChI=1S/C27H36N4O2/c1-5-16-31(17-6-2)23-13-14-25-24(18-23)29-26(30(25)4)20-28-19-22-10-8-21(9-11-22)12-15-27(32)33-7-3/h8-15,18,28H,5-7,16-17,19-20H2,1-4H3/b15-12+. The van der Waals surface area contributed by atoms with Gasteiger partial charge in [-0.3, -0.25) is 0 Å². The molecule has 0 atom stereocenters. The van der Waals surface area contributed by atoms with E-state index in [0.717, 1.165) is 54.9 Å². The molecule has 33 heavy (non-hydrogen) atoms. The summed E-state index contributed by atoms with van der Waals surface area (Å²) < 4.78 is 7.07. The zero-order chi connectivity index (χ0) is 23.6. The van der Waals surface area contributed by atoms with Gasteiger partial charge in [0.1, 0.15) is 5.82 Å². The minimum Gasteiger partial charge on any atom is -0.463 e. The molecule has 1 aromatic heterocycles. The minimum atomic E-state index is -0.318. The Morgan fingerprint density at radius 3 is 2.45 bits per heavy atom. The summed E-state index contributed by atoms with van der Waals surface area (Å²) in [6.45, 7) is 10.2. The first kappa shape index (κ1) is 24.5. The smallest absolute Gasteiger partial charge is 0.330 e. The first-order valence-electron chi connectivity index (χ1n) is 11.9. The molecule has 0 aliphatic rings. The Balaban J connectivity index is 1.61. The van der Waals surface area contributed by atoms with Crippen LogP contribution in [0.15, 0.2) is 48.5 Å². The van der Waals surface area contributed by atoms with Gasteiger partial charge in [-0.1, -0.05) is 38.1 Å². The summed E-state index contributed by atoms with van der Waals surface area (Å²) in [5, 5.41) is 3.50. The van der Waals surface area contributed by atoms with E-state index in [1.165, 1.54) is 17.3 Å². The molecule has 0 bridgehead atoms. The Morgan fingerprint density at radius 1 is 1.06 bits per heavy atom. The molecule has 176 valence electrons. The Hall–Kier alpha value is -3.12. The maximum atomic E-state index is 11.4. The van der Waals surface area contributed by atoms with Crippen LogP contribution in [-0.2, 0) is 29.7 Å². The van der Waals surface area contributed by atoms with Crippen molar-refractivity contribution in [2.75, 3.05) is 24.6 Å². The Bertz CT molecular complexity index is 1060. The van der Waals surface area contributed by atoms with Gasteiger partial charge in [-0.05, 0) is 55.2 Å². The number of ether oxygens (including phenoxy) is 1. The zero-order valence-corrected chi connectivity index (χ0v) is 20.3. The second-order valence-electron chi connectivity index (χ2n) is 8.18. The number of hydrogen-bond acceptors (Lipinski definition) is 5. The summed E-state index contributed by atoms with van der Waals surface area (Å²) in [6, 6.07) is 14.7. The van der Waals surface area contributed by atoms with Crippen molar-refractivity contribution in [3.05, 3.63) is 65.5 Å². The SMILES string of the molecule is CCCN(CCC)c1ccc2c(c1)nc(CNCc1ccc(/C=C/C(=O)OCC)cc1)n2C. The summed E-state index contributed by atoms with van der Waals surface area (Å²) in [5.74, 6) is 0.704. The van der Waals surface area contributed by atoms with E-state index in [-0.39, 0.29) is 5.97 Å². The number of imidazole rings is 1. The molecule has 0 saturated heterocycles. The number of rotatable bonds is 12. The van der Waals surface area contributed by atoms with Crippen molar-refractivity contribution in [2.45, 2.75) is 46.7 Å². The lowest BCUT2D eigenvalue weighted by molar-refractivity contribution is -0.137. The van der Waals surface area contributed by atoms with Gasteiger partial charge >= 0.3 is 5.97 Å². The van der Waals surface area contributed by atoms with Gasteiger partial charge in [-0.25, -0.2) is 9.78 Å². The number of fused-ring (bicyclic) bond motifs is 1. The Labute approximate surface area is 197 Å². The number of carbonyl (C=O) groups excluding carboxylic acids is 1. The summed E-state index contributed by atoms with van der Waals surface area (Å²) in [7, 11) is 2.08. The number of anilines is 1. The van der Waals surface area contributed by atoms with Crippen molar-refractivity contribution in [1.29, 1.82) is 0 Å². The van der Waals surface area contributed by atoms with Crippen molar-refractivity contribution in [1.82, 2.24) is 14.9 Å². The van der Waals surface area contributed by atoms with Gasteiger partial charge in [-0.2, -0.15) is 0 Å². The molecule has 3 aromatic rings. The van der Waals surface area contributed by atoms with Crippen LogP contribution in [0.4, 0.5) is 5.69 Å². The molecule has 0 aliphatic carbocycles. The summed E-state index contributed by atoms with van der Waals surface area (Å²) in [6.07, 6.45) is 5.50. The van der Waals surface area contributed by atoms with Crippen LogP contribution in [0.3, 0.4) is 0 Å². The topological polar surface area (TPSA) is 59.4 Å². The molecule has 1 N–H and O–H groups in total. The molecule has 0 fully saturated rings. The van der Waals surface area contributed by atoms with Gasteiger partial charge in [0.05, 0.1) is 24.2 Å². The molecular weight excluding hydrogens is 412 g/mol. The third-order valence-electron chi connectivity index (χ3n) is 5.60. The number of benzene rings is 2. The van der Waals surface area contributed by atoms with Crippen LogP contribution in [0, 0.1) is 0 Å². The van der Waals surface area contributed by atoms with Gasteiger partial charge < -0.3 is 19.5 Å². The van der Waals surface area contributed by atoms with E-state index < -0.39 is 0 Å². The predicted octanol–water partition coefficient (Wildman–Crippen LogP) is 5.07. The fourth-order valence-electron chi connectivity index (χ4n) is 3.92. The average molecular weight is 449 g/mol. The van der Waals surface area contributed by atoms with E-state index in [4.69, 9.17) is 9.72 Å². The number of carbonyl (C=O) groups is 1. The van der Waals surface area contributed by atoms with E-state index in [1.807, 2.05) is 12.1 Å². The van der Waals surface area contributed by atoms with Crippen molar-refractivity contribution in [2.24, 2.45) is 7.05 Å². The van der Waals surface area contributed by atoms with Crippen molar-refractivity contribution >= 4 is 28.8 Å². The molecule has 0 amide bonds. The maximum absolute atomic E-state index is 11.4. The van der Waals surface area contributed by atoms with Crippen LogP contribution in [0.25, 0.3) is 17.1 Å². The van der Waals surface area contributed by atoms with E-state index in [2.05, 4.69) is 66.0 Å². The lowest BCUT2D eigenvalue weighted by atomic mass is 10.1. The van der Waals surface area contributed by atoms with Crippen molar-refractivity contribution in [3.8, 4) is 0 Å². The third-order valence-corrected chi connectivity index (χ3v) is 5.60. The number of aromatic nitrogens is 2. The third kappa shape index (κ3) is 6.68. The van der Waals surface area contributed by atoms with Crippen LogP contribution in [0.1, 0.15) is 50.6 Å². The van der Waals surface area contributed by atoms with E-state index >= 15 is 0 Å². The normalized spacial score (nSPS) is 11.4. The first-order chi connectivity index (χ1) is 16.0. The summed E-state index contributed by atoms with van der Waals surface area (Å²) >= 11 is 0. The van der Waals surface area contributed by atoms with Crippen LogP contribution in [0.5, 0.6) is 0 Å². The van der Waals surface area contributed by atoms with Crippen LogP contribution in [-0.4, -0.2) is 35.2 Å². The zero-order valence-electron chi connectivity index (χ0n) is 20.3. The van der Waals surface area contributed by atoms with Gasteiger partial charge in [0.15, 0.2) is 0 Å². The lowest BCUT2D eigenvalue weighted by Gasteiger charge is -2.23. The molecule has 0 saturated carbocycles. The molecule has 2 aromatic carbocycles. The second-order valence-corrected chi connectivity index (χ2v) is 8.18. The molecule has 0 aliphatic heterocycles. The number of nitrogens with one attached hydrogen (secondary N) is 1. The summed E-state index contributed by atoms with van der Waals surface area (Å²) in [5.41, 5.74) is 5.60. The number of aryl methyl sites for hydroxylation is 1. The number of nitrogens with zero attached hydrogens (tertiary/aromatic N) is 3. The highest BCUT2D eigenvalue weighted by atomic mass is 16.5. The van der Waals surface area contributed by atoms with Crippen molar-refractivity contribution < 1.29 is 9.53 Å². The average Bonchev–Trinajstić information content (AvgIpc) is 3.13. The largest absolute Gasteiger partial charge is 0.463 e. The van der Waals surface area contributed by atoms with Crippen LogP contribution < -0.4 is 10.2 Å². The second kappa shape index (κ2) is 12.2. The molecule has 1 heterocycles. The van der Waals surface area contributed by atoms with Gasteiger partial charge in [-0.15, -0.1) is 0 Å². The summed E-state index contributed by atoms with van der Waals surface area (Å²) in [4.78, 5) is 18.8. The lowest BCUT2D eigenvalue weighted by Crippen LogP contribution is -2.24. The maximum Gasteiger partial charge on any atom is 0.330 e. The monoisotopic (exact) mass is 448 g/mol. The van der Waals surface area contributed by atoms with Crippen molar-refractivity contribution in [3.63, 3.8) is 0 Å². The molecule has 0 spiro atoms. The molecule has 6 nitrogen and oxygen atoms in total. The highest BCUT2D eigenvalue weighted by Gasteiger charge is 2.11. The molecule has 6 heteroatoms. The highest BCUT2D eigenvalue weighted by molar-refractivity contribution is 5.87. The quantitative estimate of drug-likeness (QED) is 0.310. The van der Waals surface area contributed by atoms with Crippen LogP contribution in [0.2, 0.25) is 0 Å². The number of esters is 1. The van der Waals surface area contributed by atoms with Gasteiger partial charge in [0.25, 0.3) is 0 Å². The molecular formula is C27H36N4O2. The van der Waals surface area contributed by atoms with Gasteiger partial charge in [0, 0.05) is 38.4 Å². The highest BCUT2D eigenvalue weighted by Crippen LogP contribution is 2.23. The van der Waals surface area contributed by atoms with E-state index in [0.29, 0.717) is 13.2 Å². The predicted molar refractivity (Wildman–Crippen MR) is 136 cm³/mol. The van der Waals surface area contributed by atoms with Crippen LogP contribution >= 0.6 is 0 Å².